The second-order valence-electron chi connectivity index (χ2n) is 3.02. The molecule has 0 aromatic carbocycles. The normalized spacial score (nSPS) is 38.7. The predicted molar refractivity (Wildman–Crippen MR) is 38.2 cm³/mol. The predicted octanol–water partition coefficient (Wildman–Crippen LogP) is -2.35. The standard InChI is InChI=1S/C7H12O5/c8-2-5(10)3-1-4(9)7(12)6(3)11/h3,5-8,10-12H,1-2H2/t3-,5+,6+,7-/m1/s1. The first-order valence-corrected chi connectivity index (χ1v) is 3.75. The van der Waals surface area contributed by atoms with E-state index in [1.165, 1.54) is 0 Å². The molecule has 0 saturated heterocycles. The smallest absolute Gasteiger partial charge is 0.164 e. The summed E-state index contributed by atoms with van der Waals surface area (Å²) in [7, 11) is 0. The number of hydrogen-bond acceptors (Lipinski definition) is 5. The number of rotatable bonds is 2. The molecule has 0 spiro atoms. The van der Waals surface area contributed by atoms with E-state index in [0.717, 1.165) is 0 Å². The Morgan fingerprint density at radius 1 is 1.50 bits per heavy atom. The third-order valence-corrected chi connectivity index (χ3v) is 2.21. The number of ketones is 1. The minimum atomic E-state index is -1.41. The number of Topliss-reactive ketones (excluding diaryl/α,β-unsaturated/α-hetero) is 1. The molecule has 1 rings (SSSR count). The Labute approximate surface area is 69.3 Å². The van der Waals surface area contributed by atoms with Crippen molar-refractivity contribution in [2.75, 3.05) is 6.61 Å². The Kier molecular flexibility index (Phi) is 2.79. The first-order valence-electron chi connectivity index (χ1n) is 3.75. The fourth-order valence-corrected chi connectivity index (χ4v) is 1.40. The Morgan fingerprint density at radius 3 is 2.42 bits per heavy atom. The minimum Gasteiger partial charge on any atom is -0.394 e. The topological polar surface area (TPSA) is 98.0 Å². The van der Waals surface area contributed by atoms with Crippen molar-refractivity contribution in [2.45, 2.75) is 24.7 Å². The number of carbonyl (C=O) groups is 1. The van der Waals surface area contributed by atoms with Crippen LogP contribution in [-0.4, -0.2) is 51.1 Å². The van der Waals surface area contributed by atoms with Crippen LogP contribution >= 0.6 is 0 Å². The van der Waals surface area contributed by atoms with Gasteiger partial charge >= 0.3 is 0 Å². The lowest BCUT2D eigenvalue weighted by Gasteiger charge is -2.19. The van der Waals surface area contributed by atoms with Gasteiger partial charge in [0.25, 0.3) is 0 Å². The number of hydrogen-bond donors (Lipinski definition) is 4. The van der Waals surface area contributed by atoms with Gasteiger partial charge in [-0.15, -0.1) is 0 Å². The van der Waals surface area contributed by atoms with E-state index in [2.05, 4.69) is 0 Å². The minimum absolute atomic E-state index is 0.0793. The van der Waals surface area contributed by atoms with Gasteiger partial charge in [-0.1, -0.05) is 0 Å². The van der Waals surface area contributed by atoms with Crippen molar-refractivity contribution >= 4 is 5.78 Å². The van der Waals surface area contributed by atoms with Crippen LogP contribution in [0.3, 0.4) is 0 Å². The molecule has 1 saturated carbocycles. The summed E-state index contributed by atoms with van der Waals surface area (Å²) in [5, 5.41) is 35.8. The van der Waals surface area contributed by atoms with Crippen LogP contribution in [0.1, 0.15) is 6.42 Å². The first-order chi connectivity index (χ1) is 5.57. The van der Waals surface area contributed by atoms with Gasteiger partial charge in [0.2, 0.25) is 0 Å². The molecule has 1 aliphatic rings. The molecule has 1 fully saturated rings. The maximum absolute atomic E-state index is 10.8. The van der Waals surface area contributed by atoms with E-state index < -0.39 is 36.6 Å². The lowest BCUT2D eigenvalue weighted by molar-refractivity contribution is -0.126. The Balaban J connectivity index is 2.64. The van der Waals surface area contributed by atoms with Crippen molar-refractivity contribution < 1.29 is 25.2 Å². The molecule has 0 aromatic rings. The summed E-state index contributed by atoms with van der Waals surface area (Å²) in [6, 6.07) is 0. The van der Waals surface area contributed by atoms with E-state index >= 15 is 0 Å². The summed E-state index contributed by atoms with van der Waals surface area (Å²) in [6.07, 6.45) is -3.87. The van der Waals surface area contributed by atoms with Crippen molar-refractivity contribution in [3.8, 4) is 0 Å². The van der Waals surface area contributed by atoms with E-state index in [1.807, 2.05) is 0 Å². The molecule has 0 heterocycles. The lowest BCUT2D eigenvalue weighted by atomic mass is 9.99. The maximum Gasteiger partial charge on any atom is 0.164 e. The average molecular weight is 176 g/mol. The van der Waals surface area contributed by atoms with Crippen LogP contribution in [0.4, 0.5) is 0 Å². The van der Waals surface area contributed by atoms with Crippen LogP contribution in [0.25, 0.3) is 0 Å². The molecule has 70 valence electrons. The zero-order valence-corrected chi connectivity index (χ0v) is 6.42. The molecule has 0 aromatic heterocycles. The summed E-state index contributed by atoms with van der Waals surface area (Å²) in [5.41, 5.74) is 0. The summed E-state index contributed by atoms with van der Waals surface area (Å²) in [5.74, 6) is -1.22. The molecule has 5 heteroatoms. The van der Waals surface area contributed by atoms with E-state index in [1.54, 1.807) is 0 Å². The van der Waals surface area contributed by atoms with Crippen LogP contribution in [-0.2, 0) is 4.79 Å². The summed E-state index contributed by atoms with van der Waals surface area (Å²) >= 11 is 0. The highest BCUT2D eigenvalue weighted by atomic mass is 16.3. The Bertz CT molecular complexity index is 181. The van der Waals surface area contributed by atoms with E-state index in [4.69, 9.17) is 15.3 Å². The molecule has 4 atom stereocenters. The second kappa shape index (κ2) is 3.49. The molecule has 0 aliphatic heterocycles. The van der Waals surface area contributed by atoms with Gasteiger partial charge in [0.05, 0.1) is 18.8 Å². The average Bonchev–Trinajstić information content (AvgIpc) is 2.32. The molecular weight excluding hydrogens is 164 g/mol. The molecule has 1 aliphatic carbocycles. The van der Waals surface area contributed by atoms with Crippen LogP contribution in [0.2, 0.25) is 0 Å². The van der Waals surface area contributed by atoms with Gasteiger partial charge in [-0.3, -0.25) is 4.79 Å². The van der Waals surface area contributed by atoms with Crippen molar-refractivity contribution in [1.29, 1.82) is 0 Å². The Morgan fingerprint density at radius 2 is 2.08 bits per heavy atom. The van der Waals surface area contributed by atoms with Crippen molar-refractivity contribution in [2.24, 2.45) is 5.92 Å². The van der Waals surface area contributed by atoms with Crippen LogP contribution < -0.4 is 0 Å². The molecule has 12 heavy (non-hydrogen) atoms. The highest BCUT2D eigenvalue weighted by Gasteiger charge is 2.43. The van der Waals surface area contributed by atoms with Gasteiger partial charge in [-0.25, -0.2) is 0 Å². The summed E-state index contributed by atoms with van der Waals surface area (Å²) in [6.45, 7) is -0.512. The van der Waals surface area contributed by atoms with Crippen LogP contribution in [0.5, 0.6) is 0 Å². The molecule has 0 bridgehead atoms. The van der Waals surface area contributed by atoms with Gasteiger partial charge in [-0.05, 0) is 0 Å². The van der Waals surface area contributed by atoms with E-state index in [9.17, 15) is 9.90 Å². The largest absolute Gasteiger partial charge is 0.394 e. The van der Waals surface area contributed by atoms with Gasteiger partial charge < -0.3 is 20.4 Å². The van der Waals surface area contributed by atoms with Gasteiger partial charge in [0.1, 0.15) is 6.10 Å². The molecule has 5 nitrogen and oxygen atoms in total. The zero-order chi connectivity index (χ0) is 9.30. The van der Waals surface area contributed by atoms with Crippen molar-refractivity contribution in [1.82, 2.24) is 0 Å². The lowest BCUT2D eigenvalue weighted by Crippen LogP contribution is -2.35. The quantitative estimate of drug-likeness (QED) is 0.377. The van der Waals surface area contributed by atoms with Gasteiger partial charge in [-0.2, -0.15) is 0 Å². The zero-order valence-electron chi connectivity index (χ0n) is 6.42. The summed E-state index contributed by atoms with van der Waals surface area (Å²) in [4.78, 5) is 10.8. The van der Waals surface area contributed by atoms with E-state index in [-0.39, 0.29) is 6.42 Å². The molecule has 0 radical (unpaired) electrons. The highest BCUT2D eigenvalue weighted by molar-refractivity contribution is 5.86. The van der Waals surface area contributed by atoms with Gasteiger partial charge in [0, 0.05) is 12.3 Å². The van der Waals surface area contributed by atoms with Gasteiger partial charge in [0.15, 0.2) is 5.78 Å². The first kappa shape index (κ1) is 9.60. The Hall–Kier alpha value is -0.490. The third-order valence-electron chi connectivity index (χ3n) is 2.21. The van der Waals surface area contributed by atoms with Crippen molar-refractivity contribution in [3.05, 3.63) is 0 Å². The molecule has 0 amide bonds. The monoisotopic (exact) mass is 176 g/mol. The van der Waals surface area contributed by atoms with Crippen LogP contribution in [0, 0.1) is 5.92 Å². The fraction of sp³-hybridized carbons (Fsp3) is 0.857. The highest BCUT2D eigenvalue weighted by Crippen LogP contribution is 2.26. The number of aliphatic hydroxyl groups is 4. The summed E-state index contributed by atoms with van der Waals surface area (Å²) < 4.78 is 0. The number of carbonyl (C=O) groups excluding carboxylic acids is 1. The maximum atomic E-state index is 10.8. The molecular formula is C7H12O5. The SMILES string of the molecule is O=C1C[C@H]([C@@H](O)CO)[C@H](O)[C@@H]1O. The fourth-order valence-electron chi connectivity index (χ4n) is 1.40. The van der Waals surface area contributed by atoms with E-state index in [0.29, 0.717) is 0 Å². The third kappa shape index (κ3) is 1.49. The van der Waals surface area contributed by atoms with Crippen LogP contribution in [0.15, 0.2) is 0 Å². The second-order valence-corrected chi connectivity index (χ2v) is 3.02. The number of aliphatic hydroxyl groups excluding tert-OH is 4. The molecule has 4 N–H and O–H groups in total. The molecule has 0 unspecified atom stereocenters. The van der Waals surface area contributed by atoms with Crippen molar-refractivity contribution in [3.63, 3.8) is 0 Å².